The summed E-state index contributed by atoms with van der Waals surface area (Å²) in [5, 5.41) is 11.3. The first kappa shape index (κ1) is 22.3. The van der Waals surface area contributed by atoms with E-state index in [2.05, 4.69) is 20.5 Å². The summed E-state index contributed by atoms with van der Waals surface area (Å²) < 4.78 is 27.2. The number of nitrogens with zero attached hydrogens (tertiary/aromatic N) is 6. The predicted molar refractivity (Wildman–Crippen MR) is 118 cm³/mol. The van der Waals surface area contributed by atoms with Crippen LogP contribution in [0.4, 0.5) is 10.1 Å². The van der Waals surface area contributed by atoms with E-state index in [0.717, 1.165) is 0 Å². The van der Waals surface area contributed by atoms with Gasteiger partial charge in [-0.05, 0) is 40.6 Å². The lowest BCUT2D eigenvalue weighted by Crippen LogP contribution is -2.37. The minimum atomic E-state index is -0.689. The lowest BCUT2D eigenvalue weighted by Gasteiger charge is -2.15. The van der Waals surface area contributed by atoms with E-state index in [4.69, 9.17) is 15.2 Å². The molecule has 1 aliphatic rings. The molecule has 0 aliphatic carbocycles. The number of anilines is 1. The van der Waals surface area contributed by atoms with Crippen LogP contribution < -0.4 is 10.6 Å². The maximum absolute atomic E-state index is 14.9. The van der Waals surface area contributed by atoms with E-state index in [0.29, 0.717) is 34.1 Å². The van der Waals surface area contributed by atoms with Crippen LogP contribution in [0.2, 0.25) is 0 Å². The highest BCUT2D eigenvalue weighted by Gasteiger charge is 2.22. The van der Waals surface area contributed by atoms with Gasteiger partial charge in [0.15, 0.2) is 18.3 Å². The summed E-state index contributed by atoms with van der Waals surface area (Å²) in [5.41, 5.74) is 8.01. The smallest absolute Gasteiger partial charge is 0.323 e. The van der Waals surface area contributed by atoms with Gasteiger partial charge >= 0.3 is 5.97 Å². The molecule has 0 unspecified atom stereocenters. The van der Waals surface area contributed by atoms with Crippen molar-refractivity contribution in [2.45, 2.75) is 19.9 Å². The van der Waals surface area contributed by atoms with Crippen molar-refractivity contribution in [2.75, 3.05) is 18.2 Å². The zero-order valence-electron chi connectivity index (χ0n) is 18.5. The number of rotatable bonds is 7. The van der Waals surface area contributed by atoms with Crippen molar-refractivity contribution in [3.05, 3.63) is 54.3 Å². The molecule has 0 radical (unpaired) electrons. The van der Waals surface area contributed by atoms with Gasteiger partial charge in [-0.1, -0.05) is 19.9 Å². The Labute approximate surface area is 189 Å². The van der Waals surface area contributed by atoms with E-state index in [9.17, 15) is 9.18 Å². The van der Waals surface area contributed by atoms with Crippen LogP contribution in [0.15, 0.2) is 48.5 Å². The average Bonchev–Trinajstić information content (AvgIpc) is 3.46. The molecule has 0 fully saturated rings. The maximum Gasteiger partial charge on any atom is 0.323 e. The number of hydrogen-bond acceptors (Lipinski definition) is 9. The highest BCUT2D eigenvalue weighted by Crippen LogP contribution is 2.29. The van der Waals surface area contributed by atoms with Gasteiger partial charge in [0.25, 0.3) is 0 Å². The van der Waals surface area contributed by atoms with Gasteiger partial charge in [-0.3, -0.25) is 9.78 Å². The quantitative estimate of drug-likeness (QED) is 0.537. The number of hydrogen-bond donors (Lipinski definition) is 1. The molecule has 11 heteroatoms. The van der Waals surface area contributed by atoms with Gasteiger partial charge in [-0.15, -0.1) is 5.10 Å². The van der Waals surface area contributed by atoms with Gasteiger partial charge in [0.2, 0.25) is 0 Å². The number of benzene rings is 1. The number of aromatic nitrogens is 5. The van der Waals surface area contributed by atoms with Gasteiger partial charge in [0.1, 0.15) is 24.2 Å². The van der Waals surface area contributed by atoms with Gasteiger partial charge in [0, 0.05) is 36.3 Å². The second kappa shape index (κ2) is 9.33. The number of halogens is 1. The molecule has 1 atom stereocenters. The molecule has 3 heterocycles. The van der Waals surface area contributed by atoms with Crippen LogP contribution >= 0.6 is 0 Å². The van der Waals surface area contributed by atoms with Gasteiger partial charge < -0.3 is 20.1 Å². The molecule has 0 saturated carbocycles. The van der Waals surface area contributed by atoms with Crippen molar-refractivity contribution in [3.63, 3.8) is 0 Å². The number of nitrogens with two attached hydrogens (primary N) is 1. The number of esters is 1. The second-order valence-electron chi connectivity index (χ2n) is 7.94. The maximum atomic E-state index is 14.9. The SMILES string of the molecule is CC(C)[C@@H](N)C(=O)OCC1=CN(c2ccc(-c3ccc(-c4nnnn4C)nc3)c(F)c2)CO1. The lowest BCUT2D eigenvalue weighted by molar-refractivity contribution is -0.146. The molecule has 0 spiro atoms. The number of pyridine rings is 1. The van der Waals surface area contributed by atoms with Crippen LogP contribution in [0.3, 0.4) is 0 Å². The summed E-state index contributed by atoms with van der Waals surface area (Å²) >= 11 is 0. The third kappa shape index (κ3) is 4.82. The molecular weight excluding hydrogens is 429 g/mol. The Morgan fingerprint density at radius 3 is 2.76 bits per heavy atom. The van der Waals surface area contributed by atoms with Gasteiger partial charge in [-0.25, -0.2) is 9.07 Å². The highest BCUT2D eigenvalue weighted by atomic mass is 19.1. The number of carbonyl (C=O) groups is 1. The van der Waals surface area contributed by atoms with E-state index in [1.807, 2.05) is 13.8 Å². The van der Waals surface area contributed by atoms with E-state index in [1.54, 1.807) is 48.6 Å². The number of ether oxygens (including phenoxy) is 2. The van der Waals surface area contributed by atoms with Gasteiger partial charge in [0.05, 0.1) is 0 Å². The third-order valence-corrected chi connectivity index (χ3v) is 5.24. The Morgan fingerprint density at radius 1 is 1.30 bits per heavy atom. The number of carbonyl (C=O) groups excluding carboxylic acids is 1. The first-order valence-electron chi connectivity index (χ1n) is 10.3. The minimum absolute atomic E-state index is 0.0239. The van der Waals surface area contributed by atoms with Crippen LogP contribution in [-0.4, -0.2) is 50.5 Å². The Morgan fingerprint density at radius 2 is 2.12 bits per heavy atom. The average molecular weight is 453 g/mol. The number of tetrazole rings is 1. The predicted octanol–water partition coefficient (Wildman–Crippen LogP) is 2.24. The van der Waals surface area contributed by atoms with E-state index < -0.39 is 17.8 Å². The van der Waals surface area contributed by atoms with Crippen LogP contribution in [0.25, 0.3) is 22.6 Å². The third-order valence-electron chi connectivity index (χ3n) is 5.24. The molecule has 0 saturated heterocycles. The first-order chi connectivity index (χ1) is 15.8. The Bertz CT molecular complexity index is 1180. The molecule has 3 aromatic rings. The molecule has 10 nitrogen and oxygen atoms in total. The van der Waals surface area contributed by atoms with E-state index >= 15 is 0 Å². The fourth-order valence-corrected chi connectivity index (χ4v) is 3.19. The molecule has 33 heavy (non-hydrogen) atoms. The second-order valence-corrected chi connectivity index (χ2v) is 7.94. The van der Waals surface area contributed by atoms with E-state index in [1.165, 1.54) is 10.7 Å². The largest absolute Gasteiger partial charge is 0.472 e. The Hall–Kier alpha value is -3.86. The fourth-order valence-electron chi connectivity index (χ4n) is 3.19. The summed E-state index contributed by atoms with van der Waals surface area (Å²) in [6.45, 7) is 3.84. The van der Waals surface area contributed by atoms with Crippen molar-refractivity contribution in [1.29, 1.82) is 0 Å². The fraction of sp³-hybridized carbons (Fsp3) is 0.318. The topological polar surface area (TPSA) is 121 Å². The molecule has 2 N–H and O–H groups in total. The van der Waals surface area contributed by atoms with Gasteiger partial charge in [-0.2, -0.15) is 0 Å². The summed E-state index contributed by atoms with van der Waals surface area (Å²) in [7, 11) is 1.72. The van der Waals surface area contributed by atoms with Crippen LogP contribution in [0.1, 0.15) is 13.8 Å². The minimum Gasteiger partial charge on any atom is -0.472 e. The molecule has 0 bridgehead atoms. The first-order valence-corrected chi connectivity index (χ1v) is 10.3. The zero-order valence-corrected chi connectivity index (χ0v) is 18.5. The standard InChI is InChI=1S/C22H24FN7O3/c1-13(2)20(24)22(31)32-11-16-10-30(12-33-16)15-5-6-17(18(23)8-15)14-4-7-19(25-9-14)21-26-27-28-29(21)3/h4-10,13,20H,11-12,24H2,1-3H3/t20-/m1/s1. The normalized spacial score (nSPS) is 14.2. The van der Waals surface area contributed by atoms with Crippen molar-refractivity contribution >= 4 is 11.7 Å². The summed E-state index contributed by atoms with van der Waals surface area (Å²) in [5.74, 6) is 0.0638. The molecular formula is C22H24FN7O3. The lowest BCUT2D eigenvalue weighted by atomic mass is 10.1. The molecule has 1 aliphatic heterocycles. The van der Waals surface area contributed by atoms with Crippen molar-refractivity contribution in [3.8, 4) is 22.6 Å². The molecule has 0 amide bonds. The highest BCUT2D eigenvalue weighted by molar-refractivity contribution is 5.76. The van der Waals surface area contributed by atoms with Crippen LogP contribution in [0, 0.1) is 11.7 Å². The molecule has 1 aromatic carbocycles. The van der Waals surface area contributed by atoms with Crippen LogP contribution in [-0.2, 0) is 21.3 Å². The molecule has 2 aromatic heterocycles. The number of aryl methyl sites for hydroxylation is 1. The molecule has 172 valence electrons. The van der Waals surface area contributed by atoms with Crippen molar-refractivity contribution in [2.24, 2.45) is 18.7 Å². The monoisotopic (exact) mass is 453 g/mol. The van der Waals surface area contributed by atoms with Crippen molar-refractivity contribution in [1.82, 2.24) is 25.2 Å². The molecule has 4 rings (SSSR count). The zero-order chi connectivity index (χ0) is 23.5. The Kier molecular flexibility index (Phi) is 6.31. The van der Waals surface area contributed by atoms with Crippen LogP contribution in [0.5, 0.6) is 0 Å². The van der Waals surface area contributed by atoms with E-state index in [-0.39, 0.29) is 19.3 Å². The van der Waals surface area contributed by atoms with Crippen molar-refractivity contribution < 1.29 is 18.7 Å². The summed E-state index contributed by atoms with van der Waals surface area (Å²) in [6.07, 6.45) is 3.25. The summed E-state index contributed by atoms with van der Waals surface area (Å²) in [6, 6.07) is 7.69. The Balaban J connectivity index is 1.44. The summed E-state index contributed by atoms with van der Waals surface area (Å²) in [4.78, 5) is 18.0.